The van der Waals surface area contributed by atoms with Gasteiger partial charge in [-0.25, -0.2) is 0 Å². The number of hydrogen-bond acceptors (Lipinski definition) is 5. The van der Waals surface area contributed by atoms with Crippen molar-refractivity contribution in [1.82, 2.24) is 14.9 Å². The van der Waals surface area contributed by atoms with Crippen LogP contribution in [0.15, 0.2) is 42.3 Å². The first-order valence-corrected chi connectivity index (χ1v) is 14.3. The zero-order valence-corrected chi connectivity index (χ0v) is 25.6. The number of nitrogens with zero attached hydrogens (tertiary/aromatic N) is 4. The van der Waals surface area contributed by atoms with Gasteiger partial charge in [-0.3, -0.25) is 9.97 Å². The Kier molecular flexibility index (Phi) is 9.77. The van der Waals surface area contributed by atoms with Crippen LogP contribution in [0, 0.1) is 15.3 Å². The van der Waals surface area contributed by atoms with Crippen LogP contribution < -0.4 is 3.12 Å². The fraction of sp³-hybridized carbons (Fsp3) is 0.417. The van der Waals surface area contributed by atoms with E-state index < -0.39 is 0 Å². The molecule has 33 heavy (non-hydrogen) atoms. The Morgan fingerprint density at radius 3 is 2.94 bits per heavy atom. The third-order valence-electron chi connectivity index (χ3n) is 5.51. The molecule has 1 aliphatic heterocycles. The van der Waals surface area contributed by atoms with Crippen molar-refractivity contribution in [1.29, 1.82) is 0 Å². The Balaban J connectivity index is 1.71. The summed E-state index contributed by atoms with van der Waals surface area (Å²) in [7, 11) is 0. The molecule has 1 saturated heterocycles. The van der Waals surface area contributed by atoms with E-state index in [1.807, 2.05) is 24.8 Å². The van der Waals surface area contributed by atoms with Gasteiger partial charge in [-0.2, -0.15) is 0 Å². The van der Waals surface area contributed by atoms with Gasteiger partial charge < -0.3 is 0 Å². The molecule has 6 nitrogen and oxygen atoms in total. The fourth-order valence-electron chi connectivity index (χ4n) is 3.94. The van der Waals surface area contributed by atoms with Crippen molar-refractivity contribution in [2.45, 2.75) is 45.6 Å². The first kappa shape index (κ1) is 26.2. The normalized spacial score (nSPS) is 17.1. The monoisotopic (exact) mass is 754 g/mol. The van der Waals surface area contributed by atoms with Crippen LogP contribution in [0.2, 0.25) is 0 Å². The van der Waals surface area contributed by atoms with E-state index in [9.17, 15) is 9.18 Å². The molecule has 0 unspecified atom stereocenters. The van der Waals surface area contributed by atoms with Gasteiger partial charge in [0.15, 0.2) is 0 Å². The Bertz CT molecular complexity index is 1030. The molecule has 0 bridgehead atoms. The van der Waals surface area contributed by atoms with Crippen molar-refractivity contribution < 1.29 is 13.9 Å². The van der Waals surface area contributed by atoms with Gasteiger partial charge in [0, 0.05) is 12.4 Å². The Labute approximate surface area is 224 Å². The Morgan fingerprint density at radius 1 is 1.45 bits per heavy atom. The van der Waals surface area contributed by atoms with Crippen LogP contribution in [-0.4, -0.2) is 71.6 Å². The predicted molar refractivity (Wildman–Crippen MR) is 137 cm³/mol. The van der Waals surface area contributed by atoms with E-state index in [-0.39, 0.29) is 23.7 Å². The molecule has 0 saturated carbocycles. The number of halogens is 2. The van der Waals surface area contributed by atoms with Crippen LogP contribution in [0.5, 0.6) is 0 Å². The standard InChI is InChI=1S/C24H27FIN4O2.Tl/c1-4-32-24(29-17(3)21-15-27-9-10-28-21)22-6-5-11-30(22)23(31)13-16(2)12-18-7-8-19(26)14-20(18)25;/h7,9-10,14-16,22H,3-6,11-13H2,1-2H3;/t16-,22+;/m1./s1. The number of likely N-dealkylation sites (tertiary alicyclic amines) is 1. The summed E-state index contributed by atoms with van der Waals surface area (Å²) in [6, 6.07) is 3.33. The molecular formula is C24H27FIN4O2Tl. The summed E-state index contributed by atoms with van der Waals surface area (Å²) < 4.78 is 22.4. The molecule has 1 aromatic heterocycles. The van der Waals surface area contributed by atoms with Crippen molar-refractivity contribution in [3.8, 4) is 0 Å². The number of ether oxygens (including phenoxy) is 1. The number of aliphatic imine (C=N–C) groups is 1. The van der Waals surface area contributed by atoms with E-state index in [2.05, 4.69) is 44.1 Å². The van der Waals surface area contributed by atoms with Gasteiger partial charge in [0.05, 0.1) is 6.20 Å². The van der Waals surface area contributed by atoms with E-state index in [0.29, 0.717) is 74.6 Å². The van der Waals surface area contributed by atoms with Gasteiger partial charge in [-0.05, 0) is 6.92 Å². The van der Waals surface area contributed by atoms with Crippen LogP contribution in [0.3, 0.4) is 0 Å². The molecule has 1 amide bonds. The minimum atomic E-state index is -0.234. The molecule has 2 heterocycles. The van der Waals surface area contributed by atoms with Crippen LogP contribution in [0.4, 0.5) is 4.39 Å². The molecule has 0 radical (unpaired) electrons. The molecule has 3 rings (SSSR count). The van der Waals surface area contributed by atoms with Crippen LogP contribution in [-0.2, 0) is 16.0 Å². The van der Waals surface area contributed by atoms with Crippen molar-refractivity contribution >= 4 is 69.0 Å². The molecule has 9 heteroatoms. The summed E-state index contributed by atoms with van der Waals surface area (Å²) in [6.45, 7) is 8.99. The molecule has 0 N–H and O–H groups in total. The van der Waals surface area contributed by atoms with E-state index in [1.165, 1.54) is 3.12 Å². The predicted octanol–water partition coefficient (Wildman–Crippen LogP) is 3.68. The quantitative estimate of drug-likeness (QED) is 0.179. The topological polar surface area (TPSA) is 67.7 Å². The van der Waals surface area contributed by atoms with E-state index in [0.717, 1.165) is 16.4 Å². The summed E-state index contributed by atoms with van der Waals surface area (Å²) in [5, 5.41) is 0. The Morgan fingerprint density at radius 2 is 2.24 bits per heavy atom. The molecule has 0 aliphatic carbocycles. The number of hydrogen-bond donors (Lipinski definition) is 0. The third-order valence-corrected chi connectivity index (χ3v) is 10.6. The first-order valence-electron chi connectivity index (χ1n) is 11.0. The van der Waals surface area contributed by atoms with Gasteiger partial charge in [0.25, 0.3) is 0 Å². The van der Waals surface area contributed by atoms with Gasteiger partial charge in [0.2, 0.25) is 0 Å². The summed E-state index contributed by atoms with van der Waals surface area (Å²) in [4.78, 5) is 27.9. The smallest absolute Gasteiger partial charge is 0.106 e. The molecule has 0 spiro atoms. The first-order chi connectivity index (χ1) is 15.8. The zero-order valence-electron chi connectivity index (χ0n) is 18.9. The maximum atomic E-state index is 14.4. The second-order valence-corrected chi connectivity index (χ2v) is 11.7. The van der Waals surface area contributed by atoms with Crippen molar-refractivity contribution in [3.63, 3.8) is 0 Å². The number of benzene rings is 1. The number of carbonyl (C=O) groups excluding carboxylic acids is 1. The number of aromatic nitrogens is 2. The summed E-state index contributed by atoms with van der Waals surface area (Å²) in [5.41, 5.74) is 1.72. The summed E-state index contributed by atoms with van der Waals surface area (Å²) in [6.07, 6.45) is 7.34. The van der Waals surface area contributed by atoms with Gasteiger partial charge in [-0.15, -0.1) is 0 Å². The van der Waals surface area contributed by atoms with E-state index >= 15 is 0 Å². The van der Waals surface area contributed by atoms with Crippen LogP contribution in [0.1, 0.15) is 44.4 Å². The fourth-order valence-corrected chi connectivity index (χ4v) is 5.48. The van der Waals surface area contributed by atoms with Crippen LogP contribution in [0.25, 0.3) is 5.70 Å². The van der Waals surface area contributed by atoms with Gasteiger partial charge >= 0.3 is 178 Å². The zero-order chi connectivity index (χ0) is 24.0. The second-order valence-electron chi connectivity index (χ2n) is 8.14. The largest absolute Gasteiger partial charge is 0.261 e. The summed E-state index contributed by atoms with van der Waals surface area (Å²) >= 11 is 2.83. The second kappa shape index (κ2) is 12.3. The number of carbonyl (C=O) groups is 1. The Hall–Kier alpha value is -1.44. The van der Waals surface area contributed by atoms with E-state index in [4.69, 9.17) is 4.74 Å². The van der Waals surface area contributed by atoms with Crippen molar-refractivity contribution in [2.24, 2.45) is 10.9 Å². The van der Waals surface area contributed by atoms with Crippen molar-refractivity contribution in [2.75, 3.05) is 13.2 Å². The maximum Gasteiger partial charge on any atom is 0.106 e. The average molecular weight is 754 g/mol. The molecule has 1 fully saturated rings. The van der Waals surface area contributed by atoms with Gasteiger partial charge in [-0.1, -0.05) is 6.58 Å². The molecule has 1 aromatic carbocycles. The average Bonchev–Trinajstić information content (AvgIpc) is 3.28. The SMILES string of the molecule is C=C(N=C(OCC)[C@@H]1CCCN1C(=O)C[C@H](C)Cc1c[c]([Tl])c(I)cc1F)c1cnccn1. The molecule has 172 valence electrons. The van der Waals surface area contributed by atoms with Crippen molar-refractivity contribution in [3.05, 3.63) is 57.9 Å². The molecule has 2 atom stereocenters. The minimum absolute atomic E-state index is 0.0275. The molecule has 2 aromatic rings. The number of rotatable bonds is 8. The summed E-state index contributed by atoms with van der Waals surface area (Å²) in [5.74, 6) is 0.369. The number of amides is 1. The molecular weight excluding hydrogens is 727 g/mol. The third kappa shape index (κ3) is 7.03. The minimum Gasteiger partial charge on any atom is -0.261 e. The molecule has 1 aliphatic rings. The van der Waals surface area contributed by atoms with E-state index in [1.54, 1.807) is 24.7 Å². The van der Waals surface area contributed by atoms with Gasteiger partial charge in [0.1, 0.15) is 5.69 Å². The maximum absolute atomic E-state index is 14.4. The van der Waals surface area contributed by atoms with Crippen LogP contribution >= 0.6 is 22.6 Å².